The van der Waals surface area contributed by atoms with Gasteiger partial charge in [0.15, 0.2) is 11.5 Å². The number of ether oxygens (including phenoxy) is 2. The van der Waals surface area contributed by atoms with Gasteiger partial charge in [0.2, 0.25) is 16.1 Å². The molecule has 0 spiro atoms. The first-order valence-corrected chi connectivity index (χ1v) is 14.3. The first-order valence-electron chi connectivity index (χ1n) is 11.3. The van der Waals surface area contributed by atoms with Gasteiger partial charge in [0.05, 0.1) is 0 Å². The maximum absolute atomic E-state index is 12.2. The van der Waals surface area contributed by atoms with Crippen LogP contribution in [-0.2, 0) is 20.2 Å². The van der Waals surface area contributed by atoms with Crippen LogP contribution in [0.3, 0.4) is 0 Å². The summed E-state index contributed by atoms with van der Waals surface area (Å²) in [6.45, 7) is 0. The zero-order valence-electron chi connectivity index (χ0n) is 19.8. The van der Waals surface area contributed by atoms with Gasteiger partial charge in [-0.25, -0.2) is 0 Å². The molecule has 5 aromatic carbocycles. The first kappa shape index (κ1) is 26.3. The lowest BCUT2D eigenvalue weighted by molar-refractivity contribution is 0.355. The van der Waals surface area contributed by atoms with Crippen molar-refractivity contribution in [3.63, 3.8) is 0 Å². The highest BCUT2D eigenvalue weighted by Gasteiger charge is 2.42. The lowest BCUT2D eigenvalue weighted by Gasteiger charge is -2.21. The molecule has 0 bridgehead atoms. The Balaban J connectivity index is 1.83. The summed E-state index contributed by atoms with van der Waals surface area (Å²) < 4.78 is 77.4. The van der Waals surface area contributed by atoms with Crippen LogP contribution in [0.25, 0.3) is 21.5 Å². The predicted octanol–water partition coefficient (Wildman–Crippen LogP) is 5.76. The van der Waals surface area contributed by atoms with Gasteiger partial charge < -0.3 is 19.7 Å². The third-order valence-electron chi connectivity index (χ3n) is 5.94. The van der Waals surface area contributed by atoms with Crippen LogP contribution in [0.2, 0.25) is 0 Å². The van der Waals surface area contributed by atoms with Crippen molar-refractivity contribution in [2.75, 3.05) is 0 Å². The molecule has 10 nitrogen and oxygen atoms in total. The zero-order valence-corrected chi connectivity index (χ0v) is 21.4. The van der Waals surface area contributed by atoms with E-state index >= 15 is 0 Å². The van der Waals surface area contributed by atoms with Gasteiger partial charge in [0.25, 0.3) is 20.2 Å². The van der Waals surface area contributed by atoms with E-state index in [2.05, 4.69) is 0 Å². The van der Waals surface area contributed by atoms with E-state index in [-0.39, 0.29) is 11.5 Å². The molecular weight excluding hydrogens is 548 g/mol. The maximum atomic E-state index is 12.2. The van der Waals surface area contributed by atoms with Gasteiger partial charge in [-0.15, -0.1) is 0 Å². The quantitative estimate of drug-likeness (QED) is 0.140. The third kappa shape index (κ3) is 5.05. The van der Waals surface area contributed by atoms with E-state index in [0.29, 0.717) is 22.2 Å². The molecule has 0 aliphatic carbocycles. The van der Waals surface area contributed by atoms with E-state index in [1.807, 2.05) is 0 Å². The molecule has 0 aliphatic heterocycles. The molecule has 4 N–H and O–H groups in total. The van der Waals surface area contributed by atoms with Crippen LogP contribution in [0.4, 0.5) is 0 Å². The fourth-order valence-corrected chi connectivity index (χ4v) is 6.50. The number of hydrogen-bond donors (Lipinski definition) is 4. The van der Waals surface area contributed by atoms with E-state index in [1.165, 1.54) is 12.1 Å². The van der Waals surface area contributed by atoms with Crippen LogP contribution in [0.15, 0.2) is 91.0 Å². The van der Waals surface area contributed by atoms with Gasteiger partial charge in [-0.3, -0.25) is 9.11 Å². The summed E-state index contributed by atoms with van der Waals surface area (Å²) in [4.78, 5) is 0. The van der Waals surface area contributed by atoms with E-state index < -0.39 is 53.4 Å². The van der Waals surface area contributed by atoms with Crippen LogP contribution in [0.1, 0.15) is 10.1 Å². The molecule has 0 aliphatic rings. The first-order chi connectivity index (χ1) is 18.4. The second-order valence-corrected chi connectivity index (χ2v) is 11.8. The minimum atomic E-state index is -5.55. The lowest BCUT2D eigenvalue weighted by atomic mass is 10.1. The van der Waals surface area contributed by atoms with Crippen LogP contribution < -0.4 is 9.47 Å². The highest BCUT2D eigenvalue weighted by molar-refractivity contribution is 8.03. The van der Waals surface area contributed by atoms with Gasteiger partial charge in [0, 0.05) is 16.3 Å². The second kappa shape index (κ2) is 9.75. The number of phenols is 2. The molecule has 12 heteroatoms. The van der Waals surface area contributed by atoms with E-state index in [4.69, 9.17) is 9.47 Å². The van der Waals surface area contributed by atoms with Crippen LogP contribution in [-0.4, -0.2) is 36.2 Å². The third-order valence-corrected chi connectivity index (χ3v) is 8.99. The second-order valence-electron chi connectivity index (χ2n) is 8.51. The fraction of sp³-hybridized carbons (Fsp3) is 0.0370. The Hall–Kier alpha value is -4.36. The van der Waals surface area contributed by atoms with Crippen molar-refractivity contribution in [3.05, 3.63) is 96.6 Å². The largest absolute Gasteiger partial charge is 0.504 e. The Morgan fingerprint density at radius 1 is 0.590 bits per heavy atom. The summed E-state index contributed by atoms with van der Waals surface area (Å²) >= 11 is 0. The normalized spacial score (nSPS) is 12.2. The molecule has 0 fully saturated rings. The molecule has 5 aromatic rings. The topological polar surface area (TPSA) is 168 Å². The van der Waals surface area contributed by atoms with Crippen LogP contribution in [0, 0.1) is 0 Å². The molecule has 200 valence electrons. The Kier molecular flexibility index (Phi) is 6.56. The van der Waals surface area contributed by atoms with Crippen molar-refractivity contribution >= 4 is 41.8 Å². The molecular formula is C27H20O10S2. The van der Waals surface area contributed by atoms with Crippen molar-refractivity contribution in [1.82, 2.24) is 0 Å². The molecule has 39 heavy (non-hydrogen) atoms. The van der Waals surface area contributed by atoms with Gasteiger partial charge >= 0.3 is 0 Å². The molecule has 0 saturated heterocycles. The van der Waals surface area contributed by atoms with Crippen molar-refractivity contribution in [2.24, 2.45) is 0 Å². The van der Waals surface area contributed by atoms with Gasteiger partial charge in [-0.1, -0.05) is 72.8 Å². The Bertz CT molecular complexity index is 1910. The van der Waals surface area contributed by atoms with Gasteiger partial charge in [-0.2, -0.15) is 16.8 Å². The number of fused-ring (bicyclic) bond motifs is 2. The van der Waals surface area contributed by atoms with E-state index in [0.717, 1.165) is 5.39 Å². The summed E-state index contributed by atoms with van der Waals surface area (Å²) in [5.74, 6) is -3.03. The number of hydrogen-bond acceptors (Lipinski definition) is 8. The molecule has 0 heterocycles. The molecule has 5 rings (SSSR count). The molecule has 0 atom stereocenters. The molecule has 0 saturated carbocycles. The fourth-order valence-electron chi connectivity index (χ4n) is 4.28. The molecule has 0 aromatic heterocycles. The molecule has 0 unspecified atom stereocenters. The van der Waals surface area contributed by atoms with Crippen molar-refractivity contribution in [3.8, 4) is 34.5 Å². The van der Waals surface area contributed by atoms with Gasteiger partial charge in [-0.05, 0) is 29.0 Å². The van der Waals surface area contributed by atoms with E-state index in [9.17, 15) is 36.2 Å². The summed E-state index contributed by atoms with van der Waals surface area (Å²) in [5.41, 5.74) is -0.904. The minimum Gasteiger partial charge on any atom is -0.504 e. The SMILES string of the molecule is O=S(=O)(O)C(c1cc(O)c(O)c(Oc2cccc3ccccc23)c1Oc1cccc2ccccc12)S(=O)(=O)O. The summed E-state index contributed by atoms with van der Waals surface area (Å²) in [7, 11) is -11.1. The standard InChI is InChI=1S/C27H20O10S2/c28-21-15-20(27(38(30,31)32)39(33,34)35)25(36-22-13-5-9-16-7-1-3-11-18(16)22)26(24(21)29)37-23-14-6-10-17-8-2-4-12-19(17)23/h1-15,27-29H,(H,30,31,32)(H,33,34,35). The highest BCUT2D eigenvalue weighted by atomic mass is 32.3. The highest BCUT2D eigenvalue weighted by Crippen LogP contribution is 2.53. The number of rotatable bonds is 7. The lowest BCUT2D eigenvalue weighted by Crippen LogP contribution is -2.22. The zero-order chi connectivity index (χ0) is 27.9. The Labute approximate surface area is 222 Å². The Morgan fingerprint density at radius 3 is 1.51 bits per heavy atom. The van der Waals surface area contributed by atoms with Crippen LogP contribution >= 0.6 is 0 Å². The van der Waals surface area contributed by atoms with Gasteiger partial charge in [0.1, 0.15) is 11.5 Å². The number of benzene rings is 5. The smallest absolute Gasteiger partial charge is 0.289 e. The number of aromatic hydroxyl groups is 2. The van der Waals surface area contributed by atoms with Crippen molar-refractivity contribution < 1.29 is 45.6 Å². The van der Waals surface area contributed by atoms with Crippen LogP contribution in [0.5, 0.6) is 34.5 Å². The van der Waals surface area contributed by atoms with E-state index in [1.54, 1.807) is 72.8 Å². The monoisotopic (exact) mass is 568 g/mol. The summed E-state index contributed by atoms with van der Waals surface area (Å²) in [6, 6.07) is 24.3. The predicted molar refractivity (Wildman–Crippen MR) is 144 cm³/mol. The van der Waals surface area contributed by atoms with Crippen molar-refractivity contribution in [1.29, 1.82) is 0 Å². The van der Waals surface area contributed by atoms with Crippen molar-refractivity contribution in [2.45, 2.75) is 4.58 Å². The average molecular weight is 569 g/mol. The Morgan fingerprint density at radius 2 is 1.03 bits per heavy atom. The minimum absolute atomic E-state index is 0.0895. The molecule has 0 radical (unpaired) electrons. The summed E-state index contributed by atoms with van der Waals surface area (Å²) in [5, 5.41) is 23.8. The maximum Gasteiger partial charge on any atom is 0.289 e. The summed E-state index contributed by atoms with van der Waals surface area (Å²) in [6.07, 6.45) is 0. The molecule has 0 amide bonds. The number of phenolic OH excluding ortho intramolecular Hbond substituents is 2. The average Bonchev–Trinajstić information content (AvgIpc) is 2.87.